The molecular weight excluding hydrogens is 256 g/mol. The van der Waals surface area contributed by atoms with E-state index < -0.39 is 0 Å². The van der Waals surface area contributed by atoms with Crippen LogP contribution in [-0.2, 0) is 6.42 Å². The summed E-state index contributed by atoms with van der Waals surface area (Å²) in [6, 6.07) is 2.34. The van der Waals surface area contributed by atoms with Gasteiger partial charge in [0.15, 0.2) is 0 Å². The second kappa shape index (κ2) is 5.75. The topological polar surface area (TPSA) is 50.7 Å². The van der Waals surface area contributed by atoms with E-state index in [1.807, 2.05) is 20.9 Å². The van der Waals surface area contributed by atoms with Gasteiger partial charge in [-0.25, -0.2) is 4.98 Å². The smallest absolute Gasteiger partial charge is 0.0949 e. The van der Waals surface area contributed by atoms with Gasteiger partial charge in [-0.15, -0.1) is 11.3 Å². The Balaban J connectivity index is 2.27. The zero-order chi connectivity index (χ0) is 14.0. The minimum absolute atomic E-state index is 0.235. The van der Waals surface area contributed by atoms with Gasteiger partial charge in [0.25, 0.3) is 0 Å². The molecule has 19 heavy (non-hydrogen) atoms. The largest absolute Gasteiger partial charge is 0.313 e. The highest BCUT2D eigenvalue weighted by Gasteiger charge is 2.16. The van der Waals surface area contributed by atoms with Crippen molar-refractivity contribution in [1.29, 1.82) is 0 Å². The van der Waals surface area contributed by atoms with Crippen molar-refractivity contribution in [1.82, 2.24) is 20.5 Å². The lowest BCUT2D eigenvalue weighted by Gasteiger charge is -2.17. The average molecular weight is 276 g/mol. The van der Waals surface area contributed by atoms with Gasteiger partial charge in [-0.05, 0) is 46.4 Å². The average Bonchev–Trinajstić information content (AvgIpc) is 2.69. The summed E-state index contributed by atoms with van der Waals surface area (Å²) >= 11 is 1.78. The molecule has 0 aliphatic heterocycles. The van der Waals surface area contributed by atoms with Crippen LogP contribution in [-0.4, -0.2) is 22.2 Å². The van der Waals surface area contributed by atoms with Gasteiger partial charge in [0.2, 0.25) is 0 Å². The van der Waals surface area contributed by atoms with Crippen molar-refractivity contribution in [3.05, 3.63) is 38.6 Å². The van der Waals surface area contributed by atoms with Crippen LogP contribution in [0, 0.1) is 27.7 Å². The standard InChI is InChI=1S/C14H20N4S/c1-8-6-12(10(3)18-17-8)13(15-5)7-14-16-9(2)11(4)19-14/h6,13,15H,7H2,1-5H3. The molecule has 0 saturated carbocycles. The first kappa shape index (κ1) is 14.1. The molecule has 2 aromatic heterocycles. The third-order valence-electron chi connectivity index (χ3n) is 3.32. The lowest BCUT2D eigenvalue weighted by Crippen LogP contribution is -2.20. The van der Waals surface area contributed by atoms with Gasteiger partial charge >= 0.3 is 0 Å². The van der Waals surface area contributed by atoms with E-state index in [0.717, 1.165) is 23.5 Å². The summed E-state index contributed by atoms with van der Waals surface area (Å²) in [7, 11) is 1.98. The first-order valence-corrected chi connectivity index (χ1v) is 7.24. The molecule has 0 saturated heterocycles. The molecule has 0 bridgehead atoms. The molecule has 0 amide bonds. The van der Waals surface area contributed by atoms with Gasteiger partial charge in [-0.2, -0.15) is 10.2 Å². The first-order chi connectivity index (χ1) is 9.01. The van der Waals surface area contributed by atoms with Gasteiger partial charge in [0.05, 0.1) is 22.1 Å². The maximum atomic E-state index is 4.62. The van der Waals surface area contributed by atoms with Gasteiger partial charge < -0.3 is 5.32 Å². The summed E-state index contributed by atoms with van der Waals surface area (Å²) in [5.74, 6) is 0. The monoisotopic (exact) mass is 276 g/mol. The molecule has 0 aliphatic rings. The maximum Gasteiger partial charge on any atom is 0.0949 e. The van der Waals surface area contributed by atoms with Crippen molar-refractivity contribution in [2.75, 3.05) is 7.05 Å². The molecule has 0 aromatic carbocycles. The summed E-state index contributed by atoms with van der Waals surface area (Å²) in [4.78, 5) is 5.91. The number of aryl methyl sites for hydroxylation is 4. The number of likely N-dealkylation sites (N-methyl/N-ethyl adjacent to an activating group) is 1. The highest BCUT2D eigenvalue weighted by Crippen LogP contribution is 2.24. The maximum absolute atomic E-state index is 4.62. The Kier molecular flexibility index (Phi) is 4.27. The normalized spacial score (nSPS) is 12.7. The van der Waals surface area contributed by atoms with E-state index >= 15 is 0 Å². The molecule has 0 aliphatic carbocycles. The predicted molar refractivity (Wildman–Crippen MR) is 78.6 cm³/mol. The molecule has 102 valence electrons. The van der Waals surface area contributed by atoms with Gasteiger partial charge in [0.1, 0.15) is 0 Å². The van der Waals surface area contributed by atoms with Crippen LogP contribution < -0.4 is 5.32 Å². The van der Waals surface area contributed by atoms with Crippen LogP contribution >= 0.6 is 11.3 Å². The summed E-state index contributed by atoms with van der Waals surface area (Å²) in [6.45, 7) is 8.16. The van der Waals surface area contributed by atoms with Crippen molar-refractivity contribution in [3.8, 4) is 0 Å². The Morgan fingerprint density at radius 3 is 2.47 bits per heavy atom. The van der Waals surface area contributed by atoms with Crippen molar-refractivity contribution < 1.29 is 0 Å². The Morgan fingerprint density at radius 1 is 1.16 bits per heavy atom. The molecule has 0 radical (unpaired) electrons. The molecule has 4 nitrogen and oxygen atoms in total. The minimum atomic E-state index is 0.235. The Morgan fingerprint density at radius 2 is 1.89 bits per heavy atom. The lowest BCUT2D eigenvalue weighted by atomic mass is 10.0. The fraction of sp³-hybridized carbons (Fsp3) is 0.500. The third kappa shape index (κ3) is 3.16. The molecule has 2 rings (SSSR count). The predicted octanol–water partition coefficient (Wildman–Crippen LogP) is 2.67. The fourth-order valence-electron chi connectivity index (χ4n) is 2.09. The lowest BCUT2D eigenvalue weighted by molar-refractivity contribution is 0.580. The van der Waals surface area contributed by atoms with Crippen LogP contribution in [0.4, 0.5) is 0 Å². The Hall–Kier alpha value is -1.33. The molecule has 5 heteroatoms. The number of hydrogen-bond acceptors (Lipinski definition) is 5. The number of rotatable bonds is 4. The van der Waals surface area contributed by atoms with Gasteiger partial charge in [0, 0.05) is 17.3 Å². The van der Waals surface area contributed by atoms with E-state index in [0.29, 0.717) is 0 Å². The summed E-state index contributed by atoms with van der Waals surface area (Å²) in [6.07, 6.45) is 0.891. The van der Waals surface area contributed by atoms with Crippen LogP contribution in [0.5, 0.6) is 0 Å². The second-order valence-electron chi connectivity index (χ2n) is 4.82. The first-order valence-electron chi connectivity index (χ1n) is 6.42. The number of hydrogen-bond donors (Lipinski definition) is 1. The number of thiazole rings is 1. The highest BCUT2D eigenvalue weighted by molar-refractivity contribution is 7.11. The fourth-order valence-corrected chi connectivity index (χ4v) is 3.07. The zero-order valence-corrected chi connectivity index (χ0v) is 12.9. The second-order valence-corrected chi connectivity index (χ2v) is 6.11. The molecule has 2 heterocycles. The van der Waals surface area contributed by atoms with E-state index in [-0.39, 0.29) is 6.04 Å². The molecule has 2 aromatic rings. The summed E-state index contributed by atoms with van der Waals surface area (Å²) in [5.41, 5.74) is 4.28. The Labute approximate surface area is 118 Å². The van der Waals surface area contributed by atoms with E-state index in [2.05, 4.69) is 40.4 Å². The molecule has 0 fully saturated rings. The number of aromatic nitrogens is 3. The van der Waals surface area contributed by atoms with Crippen LogP contribution in [0.2, 0.25) is 0 Å². The number of nitrogens with one attached hydrogen (secondary N) is 1. The molecule has 1 atom stereocenters. The van der Waals surface area contributed by atoms with Crippen LogP contribution in [0.25, 0.3) is 0 Å². The van der Waals surface area contributed by atoms with Crippen molar-refractivity contribution >= 4 is 11.3 Å². The van der Waals surface area contributed by atoms with Crippen molar-refractivity contribution in [2.24, 2.45) is 0 Å². The molecule has 1 N–H and O–H groups in total. The van der Waals surface area contributed by atoms with Crippen LogP contribution in [0.1, 0.15) is 38.6 Å². The van der Waals surface area contributed by atoms with E-state index in [1.165, 1.54) is 15.4 Å². The van der Waals surface area contributed by atoms with Gasteiger partial charge in [-0.3, -0.25) is 0 Å². The molecular formula is C14H20N4S. The van der Waals surface area contributed by atoms with Crippen LogP contribution in [0.15, 0.2) is 6.07 Å². The quantitative estimate of drug-likeness (QED) is 0.933. The zero-order valence-electron chi connectivity index (χ0n) is 12.1. The SMILES string of the molecule is CNC(Cc1nc(C)c(C)s1)c1cc(C)nnc1C. The molecule has 0 spiro atoms. The van der Waals surface area contributed by atoms with Crippen LogP contribution in [0.3, 0.4) is 0 Å². The van der Waals surface area contributed by atoms with Gasteiger partial charge in [-0.1, -0.05) is 0 Å². The van der Waals surface area contributed by atoms with E-state index in [1.54, 1.807) is 11.3 Å². The minimum Gasteiger partial charge on any atom is -0.313 e. The van der Waals surface area contributed by atoms with Crippen molar-refractivity contribution in [2.45, 2.75) is 40.2 Å². The summed E-state index contributed by atoms with van der Waals surface area (Å²) in [5, 5.41) is 12.8. The molecule has 1 unspecified atom stereocenters. The third-order valence-corrected chi connectivity index (χ3v) is 4.41. The Bertz CT molecular complexity index is 557. The number of nitrogens with zero attached hydrogens (tertiary/aromatic N) is 3. The van der Waals surface area contributed by atoms with E-state index in [4.69, 9.17) is 0 Å². The van der Waals surface area contributed by atoms with E-state index in [9.17, 15) is 0 Å². The summed E-state index contributed by atoms with van der Waals surface area (Å²) < 4.78 is 0. The van der Waals surface area contributed by atoms with Crippen molar-refractivity contribution in [3.63, 3.8) is 0 Å². The highest BCUT2D eigenvalue weighted by atomic mass is 32.1.